The van der Waals surface area contributed by atoms with Crippen LogP contribution in [0.3, 0.4) is 0 Å². The van der Waals surface area contributed by atoms with Crippen molar-refractivity contribution in [1.29, 1.82) is 0 Å². The van der Waals surface area contributed by atoms with Gasteiger partial charge in [0.1, 0.15) is 0 Å². The molecule has 0 spiro atoms. The molecule has 0 radical (unpaired) electrons. The maximum atomic E-state index is 12.2. The van der Waals surface area contributed by atoms with Crippen molar-refractivity contribution in [2.75, 3.05) is 0 Å². The number of hydrogen-bond acceptors (Lipinski definition) is 2. The number of carbonyl (C=O) groups excluding carboxylic acids is 1. The normalized spacial score (nSPS) is 12.2. The van der Waals surface area contributed by atoms with Gasteiger partial charge in [-0.1, -0.05) is 24.3 Å². The number of hydrogen-bond donors (Lipinski definition) is 1. The minimum absolute atomic E-state index is 0.0146. The van der Waals surface area contributed by atoms with Gasteiger partial charge in [0.15, 0.2) is 0 Å². The second-order valence-electron chi connectivity index (χ2n) is 4.29. The highest BCUT2D eigenvalue weighted by Gasteiger charge is 2.17. The molecule has 0 saturated heterocycles. The van der Waals surface area contributed by atoms with E-state index in [0.29, 0.717) is 5.56 Å². The fourth-order valence-corrected chi connectivity index (χ4v) is 4.71. The van der Waals surface area contributed by atoms with E-state index in [2.05, 4.69) is 50.2 Å². The third-order valence-electron chi connectivity index (χ3n) is 2.90. The Morgan fingerprint density at radius 2 is 2.00 bits per heavy atom. The quantitative estimate of drug-likeness (QED) is 0.762. The van der Waals surface area contributed by atoms with E-state index in [1.807, 2.05) is 31.2 Å². The summed E-state index contributed by atoms with van der Waals surface area (Å²) in [5, 5.41) is 3.02. The number of carbonyl (C=O) groups is 1. The van der Waals surface area contributed by atoms with Gasteiger partial charge in [0.2, 0.25) is 0 Å². The molecular formula is C14H13Br2NOS. The van der Waals surface area contributed by atoms with Gasteiger partial charge in [-0.05, 0) is 62.9 Å². The molecular weight excluding hydrogens is 390 g/mol. The highest BCUT2D eigenvalue weighted by molar-refractivity contribution is 9.12. The fourth-order valence-electron chi connectivity index (χ4n) is 1.92. The van der Waals surface area contributed by atoms with Crippen molar-refractivity contribution in [3.63, 3.8) is 0 Å². The Bertz CT molecular complexity index is 609. The molecule has 1 heterocycles. The molecule has 5 heteroatoms. The Balaban J connectivity index is 2.15. The maximum Gasteiger partial charge on any atom is 0.253 e. The first-order chi connectivity index (χ1) is 8.99. The van der Waals surface area contributed by atoms with Crippen LogP contribution in [0, 0.1) is 6.92 Å². The highest BCUT2D eigenvalue weighted by atomic mass is 79.9. The van der Waals surface area contributed by atoms with Crippen LogP contribution in [-0.2, 0) is 0 Å². The number of benzene rings is 1. The molecule has 1 amide bonds. The summed E-state index contributed by atoms with van der Waals surface area (Å²) in [6.45, 7) is 4.05. The van der Waals surface area contributed by atoms with Crippen LogP contribution in [-0.4, -0.2) is 5.91 Å². The van der Waals surface area contributed by atoms with E-state index in [1.165, 1.54) is 16.9 Å². The zero-order valence-corrected chi connectivity index (χ0v) is 14.5. The van der Waals surface area contributed by atoms with Crippen LogP contribution in [0.2, 0.25) is 0 Å². The molecule has 0 saturated carbocycles. The number of rotatable bonds is 3. The van der Waals surface area contributed by atoms with E-state index in [1.54, 1.807) is 0 Å². The van der Waals surface area contributed by atoms with Gasteiger partial charge in [-0.25, -0.2) is 0 Å². The van der Waals surface area contributed by atoms with E-state index >= 15 is 0 Å². The summed E-state index contributed by atoms with van der Waals surface area (Å²) in [4.78, 5) is 12.2. The van der Waals surface area contributed by atoms with Gasteiger partial charge >= 0.3 is 0 Å². The lowest BCUT2D eigenvalue weighted by Crippen LogP contribution is -2.26. The first-order valence-electron chi connectivity index (χ1n) is 5.80. The number of nitrogens with one attached hydrogen (secondary N) is 1. The molecule has 2 nitrogen and oxygen atoms in total. The summed E-state index contributed by atoms with van der Waals surface area (Å²) in [5.74, 6) is -0.0652. The van der Waals surface area contributed by atoms with Crippen molar-refractivity contribution in [1.82, 2.24) is 5.32 Å². The van der Waals surface area contributed by atoms with E-state index < -0.39 is 0 Å². The Morgan fingerprint density at radius 1 is 1.32 bits per heavy atom. The van der Waals surface area contributed by atoms with Crippen molar-refractivity contribution in [3.8, 4) is 0 Å². The van der Waals surface area contributed by atoms with Crippen LogP contribution in [0.15, 0.2) is 37.9 Å². The minimum Gasteiger partial charge on any atom is -0.345 e. The summed E-state index contributed by atoms with van der Waals surface area (Å²) in [7, 11) is 0. The average molecular weight is 403 g/mol. The monoisotopic (exact) mass is 401 g/mol. The van der Waals surface area contributed by atoms with Crippen LogP contribution in [0.25, 0.3) is 0 Å². The molecule has 2 rings (SSSR count). The highest BCUT2D eigenvalue weighted by Crippen LogP contribution is 2.32. The van der Waals surface area contributed by atoms with Crippen LogP contribution in [0.1, 0.15) is 34.5 Å². The number of halogens is 2. The lowest BCUT2D eigenvalue weighted by atomic mass is 10.0. The predicted molar refractivity (Wildman–Crippen MR) is 86.8 cm³/mol. The van der Waals surface area contributed by atoms with Crippen LogP contribution in [0.5, 0.6) is 0 Å². The summed E-state index contributed by atoms with van der Waals surface area (Å²) in [6, 6.07) is 9.89. The van der Waals surface area contributed by atoms with Gasteiger partial charge in [-0.15, -0.1) is 11.3 Å². The molecule has 1 aromatic heterocycles. The Hall–Kier alpha value is -0.650. The second-order valence-corrected chi connectivity index (χ2v) is 8.04. The van der Waals surface area contributed by atoms with Crippen LogP contribution in [0.4, 0.5) is 0 Å². The van der Waals surface area contributed by atoms with E-state index in [-0.39, 0.29) is 11.9 Å². The molecule has 0 aliphatic carbocycles. The number of amides is 1. The predicted octanol–water partition coefficient (Wildman–Crippen LogP) is 5.07. The molecule has 1 unspecified atom stereocenters. The van der Waals surface area contributed by atoms with Gasteiger partial charge in [-0.2, -0.15) is 0 Å². The molecule has 0 bridgehead atoms. The van der Waals surface area contributed by atoms with E-state index in [9.17, 15) is 4.79 Å². The van der Waals surface area contributed by atoms with Gasteiger partial charge < -0.3 is 5.32 Å². The zero-order chi connectivity index (χ0) is 14.0. The summed E-state index contributed by atoms with van der Waals surface area (Å²) >= 11 is 8.28. The molecule has 0 aliphatic rings. The molecule has 1 aromatic carbocycles. The van der Waals surface area contributed by atoms with E-state index in [0.717, 1.165) is 13.1 Å². The third kappa shape index (κ3) is 3.46. The van der Waals surface area contributed by atoms with Gasteiger partial charge in [0.05, 0.1) is 19.2 Å². The van der Waals surface area contributed by atoms with Crippen LogP contribution < -0.4 is 5.32 Å². The largest absolute Gasteiger partial charge is 0.345 e. The number of thiophene rings is 1. The summed E-state index contributed by atoms with van der Waals surface area (Å²) < 4.78 is 1.78. The fraction of sp³-hybridized carbons (Fsp3) is 0.214. The van der Waals surface area contributed by atoms with Crippen molar-refractivity contribution < 1.29 is 4.79 Å². The molecule has 0 fully saturated rings. The molecule has 2 aromatic rings. The molecule has 1 atom stereocenters. The molecule has 19 heavy (non-hydrogen) atoms. The second kappa shape index (κ2) is 6.20. The minimum atomic E-state index is -0.0652. The first kappa shape index (κ1) is 14.8. The zero-order valence-electron chi connectivity index (χ0n) is 10.5. The average Bonchev–Trinajstić information content (AvgIpc) is 2.69. The smallest absolute Gasteiger partial charge is 0.253 e. The molecule has 0 aliphatic heterocycles. The first-order valence-corrected chi connectivity index (χ1v) is 8.20. The Kier molecular flexibility index (Phi) is 4.81. The van der Waals surface area contributed by atoms with Crippen molar-refractivity contribution in [3.05, 3.63) is 54.6 Å². The van der Waals surface area contributed by atoms with Crippen molar-refractivity contribution >= 4 is 49.1 Å². The SMILES string of the molecule is Cc1ccccc1C(C)NC(=O)c1cc(Br)sc1Br. The standard InChI is InChI=1S/C14H13Br2NOS/c1-8-5-3-4-6-10(8)9(2)17-14(18)11-7-12(15)19-13(11)16/h3-7,9H,1-2H3,(H,17,18). The van der Waals surface area contributed by atoms with E-state index in [4.69, 9.17) is 0 Å². The Morgan fingerprint density at radius 3 is 2.58 bits per heavy atom. The third-order valence-corrected chi connectivity index (χ3v) is 5.24. The van der Waals surface area contributed by atoms with Gasteiger partial charge in [0, 0.05) is 0 Å². The van der Waals surface area contributed by atoms with Gasteiger partial charge in [-0.3, -0.25) is 4.79 Å². The van der Waals surface area contributed by atoms with Gasteiger partial charge in [0.25, 0.3) is 5.91 Å². The summed E-state index contributed by atoms with van der Waals surface area (Å²) in [6.07, 6.45) is 0. The number of aryl methyl sites for hydroxylation is 1. The van der Waals surface area contributed by atoms with Crippen LogP contribution >= 0.6 is 43.2 Å². The van der Waals surface area contributed by atoms with Crippen molar-refractivity contribution in [2.24, 2.45) is 0 Å². The lowest BCUT2D eigenvalue weighted by Gasteiger charge is -2.16. The topological polar surface area (TPSA) is 29.1 Å². The maximum absolute atomic E-state index is 12.2. The molecule has 1 N–H and O–H groups in total. The Labute approximate surface area is 133 Å². The lowest BCUT2D eigenvalue weighted by molar-refractivity contribution is 0.0939. The van der Waals surface area contributed by atoms with Crippen molar-refractivity contribution in [2.45, 2.75) is 19.9 Å². The summed E-state index contributed by atoms with van der Waals surface area (Å²) in [5.41, 5.74) is 2.99. The molecule has 100 valence electrons.